The van der Waals surface area contributed by atoms with E-state index in [0.717, 1.165) is 17.8 Å². The summed E-state index contributed by atoms with van der Waals surface area (Å²) in [5, 5.41) is 3.71. The molecule has 0 amide bonds. The third-order valence-corrected chi connectivity index (χ3v) is 4.91. The summed E-state index contributed by atoms with van der Waals surface area (Å²) >= 11 is 0. The number of hydrogen-bond acceptors (Lipinski definition) is 1. The maximum absolute atomic E-state index is 3.71. The van der Waals surface area contributed by atoms with Gasteiger partial charge in [0.25, 0.3) is 0 Å². The zero-order valence-electron chi connectivity index (χ0n) is 11.0. The summed E-state index contributed by atoms with van der Waals surface area (Å²) in [5.41, 5.74) is 4.14. The van der Waals surface area contributed by atoms with E-state index in [1.54, 1.807) is 0 Å². The Morgan fingerprint density at radius 2 is 1.88 bits per heavy atom. The van der Waals surface area contributed by atoms with Crippen molar-refractivity contribution in [2.75, 3.05) is 11.9 Å². The van der Waals surface area contributed by atoms with Crippen molar-refractivity contribution in [2.24, 2.45) is 17.8 Å². The molecule has 1 aromatic carbocycles. The van der Waals surface area contributed by atoms with E-state index in [2.05, 4.69) is 37.4 Å². The van der Waals surface area contributed by atoms with Crippen LogP contribution in [0.5, 0.6) is 0 Å². The number of aryl methyl sites for hydroxylation is 2. The molecule has 1 aromatic rings. The van der Waals surface area contributed by atoms with E-state index in [1.807, 2.05) is 0 Å². The van der Waals surface area contributed by atoms with Gasteiger partial charge in [-0.1, -0.05) is 24.6 Å². The largest absolute Gasteiger partial charge is 0.384 e. The van der Waals surface area contributed by atoms with Crippen LogP contribution in [0.2, 0.25) is 0 Å². The highest BCUT2D eigenvalue weighted by molar-refractivity contribution is 5.56. The summed E-state index contributed by atoms with van der Waals surface area (Å²) in [7, 11) is 0. The van der Waals surface area contributed by atoms with Crippen molar-refractivity contribution in [2.45, 2.75) is 39.5 Å². The van der Waals surface area contributed by atoms with Crippen LogP contribution in [0.15, 0.2) is 18.2 Å². The molecule has 1 N–H and O–H groups in total. The molecule has 1 heteroatoms. The van der Waals surface area contributed by atoms with E-state index in [4.69, 9.17) is 0 Å². The summed E-state index contributed by atoms with van der Waals surface area (Å²) in [4.78, 5) is 0. The minimum Gasteiger partial charge on any atom is -0.384 e. The lowest BCUT2D eigenvalue weighted by Crippen LogP contribution is -2.20. The number of hydrogen-bond donors (Lipinski definition) is 1. The average Bonchev–Trinajstić information content (AvgIpc) is 2.90. The van der Waals surface area contributed by atoms with Crippen LogP contribution in [0, 0.1) is 31.6 Å². The lowest BCUT2D eigenvalue weighted by Gasteiger charge is -2.23. The lowest BCUT2D eigenvalue weighted by molar-refractivity contribution is 0.348. The van der Waals surface area contributed by atoms with Crippen LogP contribution in [-0.2, 0) is 0 Å². The molecule has 2 fully saturated rings. The van der Waals surface area contributed by atoms with Gasteiger partial charge in [0.2, 0.25) is 0 Å². The van der Waals surface area contributed by atoms with Gasteiger partial charge in [0.15, 0.2) is 0 Å². The number of nitrogens with one attached hydrogen (secondary N) is 1. The maximum Gasteiger partial charge on any atom is 0.0399 e. The highest BCUT2D eigenvalue weighted by Crippen LogP contribution is 2.48. The van der Waals surface area contributed by atoms with Gasteiger partial charge >= 0.3 is 0 Å². The number of fused-ring (bicyclic) bond motifs is 2. The van der Waals surface area contributed by atoms with Crippen LogP contribution < -0.4 is 5.32 Å². The predicted octanol–water partition coefficient (Wildman–Crippen LogP) is 4.15. The molecule has 0 saturated heterocycles. The molecule has 2 aliphatic rings. The molecule has 3 rings (SSSR count). The Bertz CT molecular complexity index is 390. The highest BCUT2D eigenvalue weighted by atomic mass is 14.9. The Kier molecular flexibility index (Phi) is 2.85. The molecule has 2 aliphatic carbocycles. The summed E-state index contributed by atoms with van der Waals surface area (Å²) in [5.74, 6) is 3.02. The highest BCUT2D eigenvalue weighted by Gasteiger charge is 2.39. The molecule has 1 nitrogen and oxygen atoms in total. The monoisotopic (exact) mass is 229 g/mol. The van der Waals surface area contributed by atoms with Crippen molar-refractivity contribution in [1.82, 2.24) is 0 Å². The second kappa shape index (κ2) is 4.36. The van der Waals surface area contributed by atoms with Crippen molar-refractivity contribution in [3.63, 3.8) is 0 Å². The summed E-state index contributed by atoms with van der Waals surface area (Å²) < 4.78 is 0. The van der Waals surface area contributed by atoms with E-state index < -0.39 is 0 Å². The normalized spacial score (nSPS) is 30.8. The molecule has 3 atom stereocenters. The van der Waals surface area contributed by atoms with Crippen molar-refractivity contribution < 1.29 is 0 Å². The Morgan fingerprint density at radius 3 is 2.47 bits per heavy atom. The predicted molar refractivity (Wildman–Crippen MR) is 73.3 cm³/mol. The third kappa shape index (κ3) is 2.08. The SMILES string of the molecule is Cc1cccc(C)c1NCC1CC2CCC1C2. The topological polar surface area (TPSA) is 12.0 Å². The number of para-hydroxylation sites is 1. The Labute approximate surface area is 105 Å². The van der Waals surface area contributed by atoms with Crippen molar-refractivity contribution >= 4 is 5.69 Å². The first-order valence-corrected chi connectivity index (χ1v) is 7.04. The molecule has 0 aliphatic heterocycles. The van der Waals surface area contributed by atoms with E-state index >= 15 is 0 Å². The van der Waals surface area contributed by atoms with E-state index in [0.29, 0.717) is 0 Å². The van der Waals surface area contributed by atoms with Gasteiger partial charge in [0.1, 0.15) is 0 Å². The summed E-state index contributed by atoms with van der Waals surface area (Å²) in [6, 6.07) is 6.56. The molecule has 2 saturated carbocycles. The molecule has 0 aromatic heterocycles. The first-order valence-electron chi connectivity index (χ1n) is 7.04. The third-order valence-electron chi connectivity index (χ3n) is 4.91. The van der Waals surface area contributed by atoms with Crippen LogP contribution in [-0.4, -0.2) is 6.54 Å². The van der Waals surface area contributed by atoms with E-state index in [-0.39, 0.29) is 0 Å². The average molecular weight is 229 g/mol. The smallest absolute Gasteiger partial charge is 0.0399 e. The fraction of sp³-hybridized carbons (Fsp3) is 0.625. The van der Waals surface area contributed by atoms with E-state index in [1.165, 1.54) is 49.0 Å². The van der Waals surface area contributed by atoms with Crippen LogP contribution >= 0.6 is 0 Å². The van der Waals surface area contributed by atoms with E-state index in [9.17, 15) is 0 Å². The molecule has 0 radical (unpaired) electrons. The lowest BCUT2D eigenvalue weighted by atomic mass is 9.88. The molecular weight excluding hydrogens is 206 g/mol. The Morgan fingerprint density at radius 1 is 1.12 bits per heavy atom. The van der Waals surface area contributed by atoms with Crippen molar-refractivity contribution in [3.05, 3.63) is 29.3 Å². The fourth-order valence-corrected chi connectivity index (χ4v) is 3.95. The van der Waals surface area contributed by atoms with Crippen molar-refractivity contribution in [1.29, 1.82) is 0 Å². The number of benzene rings is 1. The second-order valence-corrected chi connectivity index (χ2v) is 6.08. The van der Waals surface area contributed by atoms with Crippen LogP contribution in [0.1, 0.15) is 36.8 Å². The van der Waals surface area contributed by atoms with Gasteiger partial charge in [-0.3, -0.25) is 0 Å². The second-order valence-electron chi connectivity index (χ2n) is 6.08. The molecule has 92 valence electrons. The van der Waals surface area contributed by atoms with Crippen LogP contribution in [0.25, 0.3) is 0 Å². The molecule has 2 bridgehead atoms. The van der Waals surface area contributed by atoms with Gasteiger partial charge in [0, 0.05) is 12.2 Å². The molecule has 0 spiro atoms. The first-order chi connectivity index (χ1) is 8.24. The summed E-state index contributed by atoms with van der Waals surface area (Å²) in [6.45, 7) is 5.60. The van der Waals surface area contributed by atoms with Gasteiger partial charge in [-0.2, -0.15) is 0 Å². The quantitative estimate of drug-likeness (QED) is 0.821. The Balaban J connectivity index is 1.64. The van der Waals surface area contributed by atoms with Crippen molar-refractivity contribution in [3.8, 4) is 0 Å². The molecule has 3 unspecified atom stereocenters. The van der Waals surface area contributed by atoms with Gasteiger partial charge < -0.3 is 5.32 Å². The Hall–Kier alpha value is -0.980. The number of anilines is 1. The first kappa shape index (κ1) is 11.1. The molecule has 17 heavy (non-hydrogen) atoms. The summed E-state index contributed by atoms with van der Waals surface area (Å²) in [6.07, 6.45) is 5.98. The molecule has 0 heterocycles. The van der Waals surface area contributed by atoms with Gasteiger partial charge in [-0.25, -0.2) is 0 Å². The zero-order chi connectivity index (χ0) is 11.8. The van der Waals surface area contributed by atoms with Gasteiger partial charge in [-0.15, -0.1) is 0 Å². The van der Waals surface area contributed by atoms with Crippen LogP contribution in [0.3, 0.4) is 0 Å². The van der Waals surface area contributed by atoms with Gasteiger partial charge in [-0.05, 0) is 62.0 Å². The minimum absolute atomic E-state index is 0.938. The fourth-order valence-electron chi connectivity index (χ4n) is 3.95. The van der Waals surface area contributed by atoms with Gasteiger partial charge in [0.05, 0.1) is 0 Å². The minimum atomic E-state index is 0.938. The maximum atomic E-state index is 3.71. The number of rotatable bonds is 3. The standard InChI is InChI=1S/C16H23N/c1-11-4-3-5-12(2)16(11)17-10-15-9-13-6-7-14(15)8-13/h3-5,13-15,17H,6-10H2,1-2H3. The molecular formula is C16H23N. The zero-order valence-corrected chi connectivity index (χ0v) is 11.0. The van der Waals surface area contributed by atoms with Crippen LogP contribution in [0.4, 0.5) is 5.69 Å².